The minimum atomic E-state index is 0.132. The summed E-state index contributed by atoms with van der Waals surface area (Å²) in [6, 6.07) is 3.19. The van der Waals surface area contributed by atoms with E-state index in [0.717, 1.165) is 0 Å². The quantitative estimate of drug-likeness (QED) is 0.174. The zero-order chi connectivity index (χ0) is 21.9. The second-order valence-corrected chi connectivity index (χ2v) is 5.78. The fraction of sp³-hybridized carbons (Fsp3) is 0.667. The first-order valence-corrected chi connectivity index (χ1v) is 9.52. The Morgan fingerprint density at radius 2 is 0.900 bits per heavy atom. The van der Waals surface area contributed by atoms with Gasteiger partial charge in [0.25, 0.3) is 0 Å². The van der Waals surface area contributed by atoms with Crippen molar-refractivity contribution in [2.24, 2.45) is 10.4 Å². The molecule has 0 saturated heterocycles. The van der Waals surface area contributed by atoms with E-state index in [4.69, 9.17) is 39.9 Å². The van der Waals surface area contributed by atoms with Crippen molar-refractivity contribution in [1.82, 2.24) is 0 Å². The van der Waals surface area contributed by atoms with Crippen LogP contribution in [0.1, 0.15) is 0 Å². The zero-order valence-electron chi connectivity index (χ0n) is 17.0. The summed E-state index contributed by atoms with van der Waals surface area (Å²) in [5, 5.41) is 5.38. The van der Waals surface area contributed by atoms with Crippen molar-refractivity contribution in [2.45, 2.75) is 0 Å². The van der Waals surface area contributed by atoms with Crippen LogP contribution >= 0.6 is 0 Å². The summed E-state index contributed by atoms with van der Waals surface area (Å²) < 4.78 is 32.1. The molecule has 0 saturated carbocycles. The number of rotatable bonds is 20. The molecule has 0 bridgehead atoms. The van der Waals surface area contributed by atoms with Crippen LogP contribution in [0.2, 0.25) is 0 Å². The van der Waals surface area contributed by atoms with E-state index in [1.807, 2.05) is 0 Å². The van der Waals surface area contributed by atoms with Crippen molar-refractivity contribution in [3.8, 4) is 11.5 Å². The number of ether oxygens (including phenoxy) is 6. The van der Waals surface area contributed by atoms with Crippen LogP contribution in [-0.2, 0) is 18.9 Å². The van der Waals surface area contributed by atoms with Crippen molar-refractivity contribution in [3.05, 3.63) is 21.9 Å². The number of nitroso groups, excluding NO2 is 2. The molecule has 1 rings (SSSR count). The highest BCUT2D eigenvalue weighted by molar-refractivity contribution is 5.67. The molecule has 0 heterocycles. The van der Waals surface area contributed by atoms with Crippen LogP contribution in [0.15, 0.2) is 22.5 Å². The third-order valence-corrected chi connectivity index (χ3v) is 3.51. The fourth-order valence-corrected chi connectivity index (χ4v) is 2.11. The normalized spacial score (nSPS) is 10.7. The molecule has 0 aromatic heterocycles. The third-order valence-electron chi connectivity index (χ3n) is 3.51. The number of nitrogens with zero attached hydrogens (tertiary/aromatic N) is 2. The van der Waals surface area contributed by atoms with Gasteiger partial charge in [0.15, 0.2) is 0 Å². The number of nitrogen functional groups attached to an aromatic ring is 2. The first-order chi connectivity index (χ1) is 14.7. The average molecular weight is 430 g/mol. The van der Waals surface area contributed by atoms with Gasteiger partial charge in [-0.3, -0.25) is 0 Å². The van der Waals surface area contributed by atoms with Crippen LogP contribution < -0.4 is 20.9 Å². The Hall–Kier alpha value is -2.54. The lowest BCUT2D eigenvalue weighted by Gasteiger charge is -2.14. The first kappa shape index (κ1) is 25.5. The van der Waals surface area contributed by atoms with Crippen LogP contribution in [0.3, 0.4) is 0 Å². The molecular weight excluding hydrogens is 400 g/mol. The van der Waals surface area contributed by atoms with Gasteiger partial charge in [0.05, 0.1) is 64.2 Å². The predicted octanol–water partition coefficient (Wildman–Crippen LogP) is 1.21. The highest BCUT2D eigenvalue weighted by Gasteiger charge is 2.08. The highest BCUT2D eigenvalue weighted by Crippen LogP contribution is 2.32. The Labute approximate surface area is 175 Å². The first-order valence-electron chi connectivity index (χ1n) is 9.52. The van der Waals surface area contributed by atoms with Crippen LogP contribution in [0.4, 0.5) is 11.4 Å². The number of hydrogen-bond donors (Lipinski definition) is 2. The van der Waals surface area contributed by atoms with Crippen molar-refractivity contribution in [1.29, 1.82) is 0 Å². The minimum Gasteiger partial charge on any atom is -0.489 e. The second-order valence-electron chi connectivity index (χ2n) is 5.78. The van der Waals surface area contributed by atoms with E-state index < -0.39 is 0 Å². The van der Waals surface area contributed by atoms with Crippen molar-refractivity contribution in [2.75, 3.05) is 90.6 Å². The SMILES string of the molecule is Nc1cc(OCCOCCOCCN=O)c(N)cc1OCCOCCOCCN=O. The molecule has 0 amide bonds. The van der Waals surface area contributed by atoms with Gasteiger partial charge in [0.2, 0.25) is 0 Å². The summed E-state index contributed by atoms with van der Waals surface area (Å²) in [6.45, 7) is 3.64. The monoisotopic (exact) mass is 430 g/mol. The third kappa shape index (κ3) is 12.1. The lowest BCUT2D eigenvalue weighted by molar-refractivity contribution is 0.0385. The number of hydrogen-bond acceptors (Lipinski definition) is 12. The highest BCUT2D eigenvalue weighted by atomic mass is 16.6. The smallest absolute Gasteiger partial charge is 0.144 e. The Kier molecular flexibility index (Phi) is 14.7. The minimum absolute atomic E-state index is 0.132. The standard InChI is InChI=1S/C18H30N4O8/c19-15-14-18(30-12-10-28-8-6-26-4-2-22-24)16(20)13-17(15)29-11-9-27-7-5-25-3-1-21-23/h13-14H,1-12,19-20H2. The number of anilines is 2. The van der Waals surface area contributed by atoms with Gasteiger partial charge in [-0.1, -0.05) is 10.4 Å². The molecule has 0 spiro atoms. The van der Waals surface area contributed by atoms with Crippen molar-refractivity contribution < 1.29 is 28.4 Å². The lowest BCUT2D eigenvalue weighted by Crippen LogP contribution is -2.13. The van der Waals surface area contributed by atoms with Gasteiger partial charge < -0.3 is 39.9 Å². The molecule has 0 aliphatic carbocycles. The maximum atomic E-state index is 9.89. The van der Waals surface area contributed by atoms with Gasteiger partial charge in [-0.2, -0.15) is 9.81 Å². The molecule has 12 heteroatoms. The van der Waals surface area contributed by atoms with E-state index in [9.17, 15) is 9.81 Å². The maximum Gasteiger partial charge on any atom is 0.144 e. The molecule has 0 aliphatic heterocycles. The largest absolute Gasteiger partial charge is 0.489 e. The molecule has 4 N–H and O–H groups in total. The van der Waals surface area contributed by atoms with Gasteiger partial charge in [-0.15, -0.1) is 0 Å². The number of nitrogens with two attached hydrogens (primary N) is 2. The average Bonchev–Trinajstić information content (AvgIpc) is 2.74. The summed E-state index contributed by atoms with van der Waals surface area (Å²) in [4.78, 5) is 19.8. The zero-order valence-corrected chi connectivity index (χ0v) is 17.0. The van der Waals surface area contributed by atoms with Crippen LogP contribution in [-0.4, -0.2) is 79.2 Å². The van der Waals surface area contributed by atoms with E-state index in [0.29, 0.717) is 75.7 Å². The van der Waals surface area contributed by atoms with E-state index in [2.05, 4.69) is 10.4 Å². The van der Waals surface area contributed by atoms with Gasteiger partial charge in [0, 0.05) is 12.1 Å². The summed E-state index contributed by atoms with van der Waals surface area (Å²) in [5.41, 5.74) is 12.7. The molecule has 1 aromatic carbocycles. The molecular formula is C18H30N4O8. The molecule has 0 aliphatic rings. The Balaban J connectivity index is 2.17. The van der Waals surface area contributed by atoms with Crippen molar-refractivity contribution in [3.63, 3.8) is 0 Å². The topological polar surface area (TPSA) is 166 Å². The van der Waals surface area contributed by atoms with Crippen LogP contribution in [0.5, 0.6) is 11.5 Å². The van der Waals surface area contributed by atoms with Gasteiger partial charge >= 0.3 is 0 Å². The van der Waals surface area contributed by atoms with E-state index in [1.54, 1.807) is 12.1 Å². The fourth-order valence-electron chi connectivity index (χ4n) is 2.11. The summed E-state index contributed by atoms with van der Waals surface area (Å²) in [6.07, 6.45) is 0. The number of benzene rings is 1. The Bertz CT molecular complexity index is 554. The summed E-state index contributed by atoms with van der Waals surface area (Å²) in [7, 11) is 0. The molecule has 0 fully saturated rings. The molecule has 1 aromatic rings. The van der Waals surface area contributed by atoms with Crippen LogP contribution in [0, 0.1) is 9.81 Å². The van der Waals surface area contributed by atoms with Crippen molar-refractivity contribution >= 4 is 11.4 Å². The summed E-state index contributed by atoms with van der Waals surface area (Å²) in [5.74, 6) is 0.880. The molecule has 0 unspecified atom stereocenters. The molecule has 12 nitrogen and oxygen atoms in total. The van der Waals surface area contributed by atoms with E-state index >= 15 is 0 Å². The summed E-state index contributed by atoms with van der Waals surface area (Å²) >= 11 is 0. The maximum absolute atomic E-state index is 9.89. The Morgan fingerprint density at radius 3 is 1.27 bits per heavy atom. The lowest BCUT2D eigenvalue weighted by atomic mass is 10.2. The second kappa shape index (κ2) is 17.3. The van der Waals surface area contributed by atoms with Gasteiger partial charge in [-0.05, 0) is 0 Å². The molecule has 30 heavy (non-hydrogen) atoms. The predicted molar refractivity (Wildman–Crippen MR) is 111 cm³/mol. The Morgan fingerprint density at radius 1 is 0.567 bits per heavy atom. The molecule has 0 atom stereocenters. The molecule has 170 valence electrons. The van der Waals surface area contributed by atoms with Gasteiger partial charge in [0.1, 0.15) is 37.8 Å². The van der Waals surface area contributed by atoms with E-state index in [-0.39, 0.29) is 26.3 Å². The van der Waals surface area contributed by atoms with Crippen LogP contribution in [0.25, 0.3) is 0 Å². The van der Waals surface area contributed by atoms with Gasteiger partial charge in [-0.25, -0.2) is 0 Å². The molecule has 0 radical (unpaired) electrons. The van der Waals surface area contributed by atoms with E-state index in [1.165, 1.54) is 0 Å².